The Kier molecular flexibility index (Phi) is 7.46. The molecule has 0 saturated heterocycles. The minimum atomic E-state index is -1.70. The van der Waals surface area contributed by atoms with E-state index in [1.165, 1.54) is 5.57 Å². The van der Waals surface area contributed by atoms with Crippen molar-refractivity contribution < 1.29 is 9.16 Å². The second-order valence-corrected chi connectivity index (χ2v) is 10.4. The molecule has 0 saturated carbocycles. The van der Waals surface area contributed by atoms with Crippen LogP contribution >= 0.6 is 0 Å². The average molecular weight is 319 g/mol. The van der Waals surface area contributed by atoms with E-state index in [1.807, 2.05) is 18.2 Å². The van der Waals surface area contributed by atoms with Gasteiger partial charge in [-0.05, 0) is 61.3 Å². The van der Waals surface area contributed by atoms with Gasteiger partial charge in [0.1, 0.15) is 11.5 Å². The van der Waals surface area contributed by atoms with E-state index in [0.29, 0.717) is 0 Å². The fourth-order valence-electron chi connectivity index (χ4n) is 2.63. The van der Waals surface area contributed by atoms with Crippen LogP contribution in [-0.2, 0) is 4.43 Å². The summed E-state index contributed by atoms with van der Waals surface area (Å²) in [5.74, 6) is 1.91. The maximum atomic E-state index is 6.69. The fourth-order valence-corrected chi connectivity index (χ4v) is 5.29. The van der Waals surface area contributed by atoms with Crippen LogP contribution in [0.2, 0.25) is 18.1 Å². The van der Waals surface area contributed by atoms with Crippen LogP contribution in [-0.4, -0.2) is 15.4 Å². The van der Waals surface area contributed by atoms with E-state index in [2.05, 4.69) is 46.4 Å². The van der Waals surface area contributed by atoms with Gasteiger partial charge in [0.2, 0.25) is 8.32 Å². The second-order valence-electron chi connectivity index (χ2n) is 5.68. The van der Waals surface area contributed by atoms with E-state index in [1.54, 1.807) is 7.11 Å². The van der Waals surface area contributed by atoms with Crippen LogP contribution in [0.25, 0.3) is 5.76 Å². The molecule has 1 aromatic carbocycles. The number of ether oxygens (including phenoxy) is 1. The first kappa shape index (κ1) is 18.6. The molecule has 0 aliphatic rings. The normalized spacial score (nSPS) is 12.6. The molecule has 0 bridgehead atoms. The van der Waals surface area contributed by atoms with Gasteiger partial charge in [-0.3, -0.25) is 0 Å². The van der Waals surface area contributed by atoms with Gasteiger partial charge in [0.15, 0.2) is 0 Å². The van der Waals surface area contributed by atoms with Crippen molar-refractivity contribution in [3.8, 4) is 5.75 Å². The van der Waals surface area contributed by atoms with Crippen molar-refractivity contribution in [2.45, 2.75) is 52.2 Å². The van der Waals surface area contributed by atoms with Crippen molar-refractivity contribution >= 4 is 14.1 Å². The zero-order valence-electron chi connectivity index (χ0n) is 14.7. The molecule has 0 fully saturated rings. The number of methoxy groups -OCH3 is 1. The highest BCUT2D eigenvalue weighted by Gasteiger charge is 2.32. The lowest BCUT2D eigenvalue weighted by Crippen LogP contribution is -2.35. The van der Waals surface area contributed by atoms with Crippen molar-refractivity contribution in [2.24, 2.45) is 0 Å². The molecule has 0 amide bonds. The third-order valence-electron chi connectivity index (χ3n) is 4.44. The predicted molar refractivity (Wildman–Crippen MR) is 98.7 cm³/mol. The van der Waals surface area contributed by atoms with Crippen LogP contribution in [0.15, 0.2) is 42.5 Å². The number of benzene rings is 1. The van der Waals surface area contributed by atoms with Crippen LogP contribution in [0.3, 0.4) is 0 Å². The molecule has 0 aromatic heterocycles. The standard InChI is InChI=1S/C19H30O2Si/c1-7-11-16(5)19(21-22(8-2,9-3)10-4)17-12-14-18(20-6)15-13-17/h7,12-15H,1,8-11H2,2-6H3/b19-16+. The summed E-state index contributed by atoms with van der Waals surface area (Å²) in [6, 6.07) is 11.6. The summed E-state index contributed by atoms with van der Waals surface area (Å²) < 4.78 is 11.9. The molecule has 0 aliphatic heterocycles. The van der Waals surface area contributed by atoms with Crippen LogP contribution < -0.4 is 4.74 Å². The molecule has 0 aliphatic carbocycles. The summed E-state index contributed by atoms with van der Waals surface area (Å²) in [7, 11) is -0.0115. The lowest BCUT2D eigenvalue weighted by molar-refractivity contribution is 0.414. The molecule has 0 radical (unpaired) electrons. The lowest BCUT2D eigenvalue weighted by atomic mass is 10.1. The molecular formula is C19H30O2Si. The first-order chi connectivity index (χ1) is 10.6. The van der Waals surface area contributed by atoms with Gasteiger partial charge in [-0.15, -0.1) is 6.58 Å². The molecule has 0 atom stereocenters. The van der Waals surface area contributed by atoms with E-state index < -0.39 is 8.32 Å². The Morgan fingerprint density at radius 1 is 1.09 bits per heavy atom. The first-order valence-electron chi connectivity index (χ1n) is 8.19. The summed E-state index contributed by atoms with van der Waals surface area (Å²) in [6.07, 6.45) is 2.79. The molecule has 2 nitrogen and oxygen atoms in total. The Labute approximate surface area is 137 Å². The van der Waals surface area contributed by atoms with Crippen molar-refractivity contribution in [1.29, 1.82) is 0 Å². The monoisotopic (exact) mass is 318 g/mol. The topological polar surface area (TPSA) is 18.5 Å². The molecule has 122 valence electrons. The highest BCUT2D eigenvalue weighted by atomic mass is 28.4. The highest BCUT2D eigenvalue weighted by molar-refractivity contribution is 6.74. The van der Waals surface area contributed by atoms with Gasteiger partial charge >= 0.3 is 0 Å². The zero-order valence-corrected chi connectivity index (χ0v) is 15.7. The molecule has 0 unspecified atom stereocenters. The maximum absolute atomic E-state index is 6.69. The van der Waals surface area contributed by atoms with E-state index >= 15 is 0 Å². The summed E-state index contributed by atoms with van der Waals surface area (Å²) in [6.45, 7) is 12.8. The van der Waals surface area contributed by atoms with Gasteiger partial charge in [-0.1, -0.05) is 26.8 Å². The molecule has 3 heteroatoms. The summed E-state index contributed by atoms with van der Waals surface area (Å²) >= 11 is 0. The Morgan fingerprint density at radius 2 is 1.64 bits per heavy atom. The maximum Gasteiger partial charge on any atom is 0.250 e. The largest absolute Gasteiger partial charge is 0.543 e. The summed E-state index contributed by atoms with van der Waals surface area (Å²) in [5, 5.41) is 0. The lowest BCUT2D eigenvalue weighted by Gasteiger charge is -2.31. The van der Waals surface area contributed by atoms with Gasteiger partial charge < -0.3 is 9.16 Å². The molecular weight excluding hydrogens is 288 g/mol. The number of allylic oxidation sites excluding steroid dienone is 2. The van der Waals surface area contributed by atoms with Crippen molar-refractivity contribution in [1.82, 2.24) is 0 Å². The van der Waals surface area contributed by atoms with Crippen molar-refractivity contribution in [3.05, 3.63) is 48.1 Å². The Balaban J connectivity index is 3.24. The molecule has 0 spiro atoms. The second kappa shape index (κ2) is 8.84. The Hall–Kier alpha value is -1.48. The zero-order chi connectivity index (χ0) is 16.6. The number of rotatable bonds is 9. The molecule has 0 heterocycles. The van der Waals surface area contributed by atoms with E-state index in [-0.39, 0.29) is 0 Å². The third-order valence-corrected chi connectivity index (χ3v) is 8.95. The molecule has 22 heavy (non-hydrogen) atoms. The van der Waals surface area contributed by atoms with Crippen molar-refractivity contribution in [3.63, 3.8) is 0 Å². The smallest absolute Gasteiger partial charge is 0.250 e. The van der Waals surface area contributed by atoms with Gasteiger partial charge in [0.05, 0.1) is 7.11 Å². The first-order valence-corrected chi connectivity index (χ1v) is 10.7. The van der Waals surface area contributed by atoms with E-state index in [9.17, 15) is 0 Å². The Bertz CT molecular complexity index is 490. The number of hydrogen-bond donors (Lipinski definition) is 0. The third kappa shape index (κ3) is 4.50. The highest BCUT2D eigenvalue weighted by Crippen LogP contribution is 2.32. The minimum absolute atomic E-state index is 0.850. The van der Waals surface area contributed by atoms with Gasteiger partial charge in [0.25, 0.3) is 0 Å². The van der Waals surface area contributed by atoms with Crippen LogP contribution in [0.1, 0.15) is 39.7 Å². The van der Waals surface area contributed by atoms with Gasteiger partial charge in [-0.2, -0.15) is 0 Å². The van der Waals surface area contributed by atoms with Gasteiger partial charge in [0, 0.05) is 5.56 Å². The summed E-state index contributed by atoms with van der Waals surface area (Å²) in [5.41, 5.74) is 2.37. The minimum Gasteiger partial charge on any atom is -0.543 e. The fraction of sp³-hybridized carbons (Fsp3) is 0.474. The number of hydrogen-bond acceptors (Lipinski definition) is 2. The molecule has 1 rings (SSSR count). The van der Waals surface area contributed by atoms with Crippen LogP contribution in [0, 0.1) is 0 Å². The average Bonchev–Trinajstić information content (AvgIpc) is 2.57. The Morgan fingerprint density at radius 3 is 2.05 bits per heavy atom. The predicted octanol–water partition coefficient (Wildman–Crippen LogP) is 6.02. The van der Waals surface area contributed by atoms with E-state index in [0.717, 1.165) is 41.6 Å². The molecule has 1 aromatic rings. The molecule has 0 N–H and O–H groups in total. The summed E-state index contributed by atoms with van der Waals surface area (Å²) in [4.78, 5) is 0. The van der Waals surface area contributed by atoms with Crippen molar-refractivity contribution in [2.75, 3.05) is 7.11 Å². The van der Waals surface area contributed by atoms with Crippen LogP contribution in [0.5, 0.6) is 5.75 Å². The quantitative estimate of drug-likeness (QED) is 0.315. The van der Waals surface area contributed by atoms with Crippen LogP contribution in [0.4, 0.5) is 0 Å². The SMILES string of the molecule is C=CC/C(C)=C(/O[Si](CC)(CC)CC)c1ccc(OC)cc1. The van der Waals surface area contributed by atoms with E-state index in [4.69, 9.17) is 9.16 Å². The van der Waals surface area contributed by atoms with Gasteiger partial charge in [-0.25, -0.2) is 0 Å².